The maximum Gasteiger partial charge on any atom is 0.336 e. The molecule has 3 unspecified atom stereocenters. The lowest BCUT2D eigenvalue weighted by atomic mass is 10.0. The van der Waals surface area contributed by atoms with Gasteiger partial charge in [-0.2, -0.15) is 0 Å². The number of aliphatic carboxylic acids is 1. The number of nitrogens with two attached hydrogens (primary N) is 2. The number of carbonyl (C=O) groups excluding carboxylic acids is 7. The van der Waals surface area contributed by atoms with Crippen LogP contribution >= 0.6 is 0 Å². The number of para-hydroxylation sites is 1. The Kier molecular flexibility index (Phi) is 16.6. The number of amides is 7. The van der Waals surface area contributed by atoms with Gasteiger partial charge in [-0.15, -0.1) is 0 Å². The molecule has 1 fully saturated rings. The van der Waals surface area contributed by atoms with E-state index < -0.39 is 114 Å². The van der Waals surface area contributed by atoms with E-state index in [-0.39, 0.29) is 26.1 Å². The van der Waals surface area contributed by atoms with Crippen LogP contribution in [0.2, 0.25) is 0 Å². The fourth-order valence-corrected chi connectivity index (χ4v) is 5.79. The van der Waals surface area contributed by atoms with Gasteiger partial charge in [0.2, 0.25) is 29.5 Å². The second kappa shape index (κ2) is 20.0. The fraction of sp³-hybridized carbons (Fsp3) is 0.562. The summed E-state index contributed by atoms with van der Waals surface area (Å²) < 4.78 is -0.642. The van der Waals surface area contributed by atoms with E-state index in [1.54, 1.807) is 44.2 Å². The molecule has 1 aromatic carbocycles. The van der Waals surface area contributed by atoms with Crippen LogP contribution in [-0.2, 0) is 38.4 Å². The largest absolute Gasteiger partial charge is 0.481 e. The molecule has 19 heteroatoms. The van der Waals surface area contributed by atoms with Crippen LogP contribution in [0.1, 0.15) is 46.0 Å². The van der Waals surface area contributed by atoms with Crippen LogP contribution in [0.25, 0.3) is 0 Å². The van der Waals surface area contributed by atoms with Gasteiger partial charge in [0, 0.05) is 26.0 Å². The lowest BCUT2D eigenvalue weighted by Crippen LogP contribution is -2.67. The average Bonchev–Trinajstić information content (AvgIpc) is 3.53. The third kappa shape index (κ3) is 11.8. The van der Waals surface area contributed by atoms with E-state index in [0.717, 1.165) is 0 Å². The summed E-state index contributed by atoms with van der Waals surface area (Å²) in [6, 6.07) is 0.920. The summed E-state index contributed by atoms with van der Waals surface area (Å²) in [6.07, 6.45) is -0.644. The highest BCUT2D eigenvalue weighted by atomic mass is 16.4. The summed E-state index contributed by atoms with van der Waals surface area (Å²) in [5.41, 5.74) is 11.7. The summed E-state index contributed by atoms with van der Waals surface area (Å²) in [5.74, 6) is -7.77. The molecule has 0 radical (unpaired) electrons. The lowest BCUT2D eigenvalue weighted by molar-refractivity contribution is -0.143. The van der Waals surface area contributed by atoms with Crippen molar-refractivity contribution in [2.75, 3.05) is 32.8 Å². The molecule has 51 heavy (non-hydrogen) atoms. The number of aliphatic hydroxyl groups excluding tert-OH is 2. The molecule has 1 aliphatic heterocycles. The smallest absolute Gasteiger partial charge is 0.336 e. The van der Waals surface area contributed by atoms with Crippen molar-refractivity contribution in [2.45, 2.75) is 76.2 Å². The van der Waals surface area contributed by atoms with Gasteiger partial charge in [0.05, 0.1) is 32.5 Å². The number of carbonyl (C=O) groups is 8. The number of hydrogen-bond acceptors (Lipinski definition) is 11. The molecule has 0 bridgehead atoms. The zero-order valence-corrected chi connectivity index (χ0v) is 28.6. The first-order valence-electron chi connectivity index (χ1n) is 16.5. The summed E-state index contributed by atoms with van der Waals surface area (Å²) in [6.45, 7) is 1.99. The van der Waals surface area contributed by atoms with Crippen molar-refractivity contribution < 1.29 is 53.7 Å². The monoisotopic (exact) mass is 721 g/mol. The summed E-state index contributed by atoms with van der Waals surface area (Å²) in [4.78, 5) is 102. The summed E-state index contributed by atoms with van der Waals surface area (Å²) in [5, 5.41) is 40.1. The van der Waals surface area contributed by atoms with Gasteiger partial charge in [0.25, 0.3) is 5.91 Å². The van der Waals surface area contributed by atoms with Gasteiger partial charge in [0.15, 0.2) is 6.04 Å². The number of likely N-dealkylation sites (tertiary alicyclic amines) is 1. The molecule has 0 saturated carbocycles. The van der Waals surface area contributed by atoms with E-state index in [2.05, 4.69) is 26.6 Å². The van der Waals surface area contributed by atoms with E-state index in [1.807, 2.05) is 0 Å². The molecule has 1 aromatic rings. The highest BCUT2D eigenvalue weighted by molar-refractivity contribution is 6.02. The van der Waals surface area contributed by atoms with Crippen LogP contribution in [-0.4, -0.2) is 126 Å². The number of rotatable bonds is 20. The van der Waals surface area contributed by atoms with Crippen LogP contribution in [0.4, 0.5) is 5.69 Å². The molecular formula is C32H49N8O11+. The van der Waals surface area contributed by atoms with Crippen LogP contribution in [0.5, 0.6) is 0 Å². The van der Waals surface area contributed by atoms with Crippen molar-refractivity contribution in [1.29, 1.82) is 0 Å². The third-order valence-electron chi connectivity index (χ3n) is 8.33. The lowest BCUT2D eigenvalue weighted by Gasteiger charge is -2.38. The zero-order chi connectivity index (χ0) is 38.3. The Labute approximate surface area is 294 Å². The Morgan fingerprint density at radius 2 is 1.53 bits per heavy atom. The van der Waals surface area contributed by atoms with Crippen molar-refractivity contribution in [3.8, 4) is 0 Å². The van der Waals surface area contributed by atoms with E-state index in [0.29, 0.717) is 18.5 Å². The molecule has 282 valence electrons. The molecule has 0 aliphatic carbocycles. The van der Waals surface area contributed by atoms with Gasteiger partial charge in [-0.3, -0.25) is 33.6 Å². The fourth-order valence-electron chi connectivity index (χ4n) is 5.79. The molecule has 0 spiro atoms. The average molecular weight is 722 g/mol. The molecule has 1 aliphatic rings. The number of primary amides is 1. The molecule has 1 heterocycles. The van der Waals surface area contributed by atoms with Gasteiger partial charge in [-0.05, 0) is 24.5 Å². The second-order valence-electron chi connectivity index (χ2n) is 12.5. The Bertz CT molecular complexity index is 1430. The summed E-state index contributed by atoms with van der Waals surface area (Å²) in [7, 11) is 0. The van der Waals surface area contributed by atoms with Crippen LogP contribution in [0, 0.1) is 5.92 Å². The third-order valence-corrected chi connectivity index (χ3v) is 8.33. The number of nitrogens with one attached hydrogen (secondary N) is 5. The van der Waals surface area contributed by atoms with Crippen LogP contribution < -0.4 is 42.5 Å². The molecule has 19 nitrogen and oxygen atoms in total. The minimum atomic E-state index is -1.67. The first kappa shape index (κ1) is 42.2. The van der Waals surface area contributed by atoms with Crippen LogP contribution in [0.15, 0.2) is 30.3 Å². The van der Waals surface area contributed by atoms with E-state index >= 15 is 0 Å². The quantitative estimate of drug-likeness (QED) is 0.0456. The molecule has 12 N–H and O–H groups in total. The predicted octanol–water partition coefficient (Wildman–Crippen LogP) is -3.92. The predicted molar refractivity (Wildman–Crippen MR) is 181 cm³/mol. The number of carboxylic acids is 1. The van der Waals surface area contributed by atoms with Crippen molar-refractivity contribution >= 4 is 53.0 Å². The van der Waals surface area contributed by atoms with Crippen molar-refractivity contribution in [3.63, 3.8) is 0 Å². The standard InChI is InChI=1S/C32H48N8O11/c1-18(2)27(31(50)36-16-25(44)35-11-7-13-41)39-29(48)22(17-42)38-28(47)21(15-24(34)43)37-30(49)23-10-6-12-40(23,19-8-4-3-5-9-19)32(51)20(33)14-26(45)46/h3-5,8-9,18,20-23,27,41-42H,6-7,10-17,33H2,1-2H3,(H7-,34,35,36,37,38,39,43,44,45,46,47,48,49,50)/p+1/t20?,21-,22-,23?,27-,40?/m0/s1. The SMILES string of the molecule is CC(C)[C@H](NC(=O)[C@H](CO)NC(=O)[C@H](CC(N)=O)NC(=O)C1CCC[N+]1(C(=O)C(N)CC(=O)O)c1ccccc1)C(=O)NCC(=O)NCCCO. The molecule has 2 rings (SSSR count). The normalized spacial score (nSPS) is 19.1. The van der Waals surface area contributed by atoms with E-state index in [4.69, 9.17) is 16.6 Å². The minimum Gasteiger partial charge on any atom is -0.481 e. The molecule has 6 atom stereocenters. The molecular weight excluding hydrogens is 672 g/mol. The second-order valence-corrected chi connectivity index (χ2v) is 12.5. The molecule has 7 amide bonds. The topological polar surface area (TPSA) is 309 Å². The van der Waals surface area contributed by atoms with Gasteiger partial charge in [-0.25, -0.2) is 9.28 Å². The maximum atomic E-state index is 13.9. The Balaban J connectivity index is 2.25. The zero-order valence-electron chi connectivity index (χ0n) is 28.6. The van der Waals surface area contributed by atoms with Crippen molar-refractivity contribution in [3.05, 3.63) is 30.3 Å². The minimum absolute atomic E-state index is 0.0900. The van der Waals surface area contributed by atoms with Gasteiger partial charge in [-0.1, -0.05) is 32.0 Å². The van der Waals surface area contributed by atoms with Gasteiger partial charge < -0.3 is 53.4 Å². The van der Waals surface area contributed by atoms with E-state index in [1.165, 1.54) is 0 Å². The Morgan fingerprint density at radius 1 is 0.882 bits per heavy atom. The number of benzene rings is 1. The van der Waals surface area contributed by atoms with Crippen LogP contribution in [0.3, 0.4) is 0 Å². The first-order chi connectivity index (χ1) is 24.1. The number of quaternary nitrogens is 1. The number of aliphatic hydroxyl groups is 2. The Hall–Kier alpha value is -4.98. The molecule has 1 saturated heterocycles. The Morgan fingerprint density at radius 3 is 2.10 bits per heavy atom. The number of carboxylic acid groups (broad SMARTS) is 1. The van der Waals surface area contributed by atoms with Crippen molar-refractivity contribution in [2.24, 2.45) is 17.4 Å². The van der Waals surface area contributed by atoms with Gasteiger partial charge in [0.1, 0.15) is 29.9 Å². The molecule has 0 aromatic heterocycles. The first-order valence-corrected chi connectivity index (χ1v) is 16.5. The highest BCUT2D eigenvalue weighted by Crippen LogP contribution is 2.36. The van der Waals surface area contributed by atoms with Crippen molar-refractivity contribution in [1.82, 2.24) is 31.1 Å². The number of hydrogen-bond donors (Lipinski definition) is 10. The van der Waals surface area contributed by atoms with E-state index in [9.17, 15) is 48.6 Å². The highest BCUT2D eigenvalue weighted by Gasteiger charge is 2.55. The van der Waals surface area contributed by atoms with Gasteiger partial charge >= 0.3 is 11.9 Å². The summed E-state index contributed by atoms with van der Waals surface area (Å²) >= 11 is 0. The maximum absolute atomic E-state index is 13.9. The number of nitrogens with zero attached hydrogens (tertiary/aromatic N) is 1.